The van der Waals surface area contributed by atoms with E-state index in [0.717, 1.165) is 27.7 Å². The molecule has 0 unspecified atom stereocenters. The van der Waals surface area contributed by atoms with Gasteiger partial charge in [-0.05, 0) is 23.3 Å². The van der Waals surface area contributed by atoms with Crippen LogP contribution in [-0.2, 0) is 0 Å². The van der Waals surface area contributed by atoms with Gasteiger partial charge in [0, 0.05) is 5.56 Å². The van der Waals surface area contributed by atoms with Crippen LogP contribution >= 0.6 is 11.3 Å². The fourth-order valence-electron chi connectivity index (χ4n) is 2.47. The predicted molar refractivity (Wildman–Crippen MR) is 97.2 cm³/mol. The first-order valence-corrected chi connectivity index (χ1v) is 8.03. The van der Waals surface area contributed by atoms with Crippen molar-refractivity contribution in [3.63, 3.8) is 0 Å². The number of nitrogens with two attached hydrogens (primary N) is 1. The van der Waals surface area contributed by atoms with Gasteiger partial charge in [-0.15, -0.1) is 11.3 Å². The van der Waals surface area contributed by atoms with Gasteiger partial charge in [-0.1, -0.05) is 42.5 Å². The molecule has 0 spiro atoms. The van der Waals surface area contributed by atoms with Crippen LogP contribution in [-0.4, -0.2) is 12.1 Å². The molecule has 0 aliphatic heterocycles. The number of benzene rings is 2. The molecule has 118 valence electrons. The number of nitrogen functional groups attached to an aromatic ring is 1. The van der Waals surface area contributed by atoms with Gasteiger partial charge in [0.2, 0.25) is 0 Å². The number of fused-ring (bicyclic) bond motifs is 1. The zero-order valence-corrected chi connectivity index (χ0v) is 13.7. The Morgan fingerprint density at radius 2 is 2.04 bits per heavy atom. The van der Waals surface area contributed by atoms with Crippen LogP contribution in [0, 0.1) is 18.3 Å². The summed E-state index contributed by atoms with van der Waals surface area (Å²) < 4.78 is 0. The monoisotopic (exact) mass is 334 g/mol. The standard InChI is InChI=1S/C18H14N4OS/c1-11-15(9-19)17(20)24-16(11)18(23)22-21-10-13-7-4-6-12-5-2-3-8-14(12)13/h2-8,10H,20H2,1H3,(H,22,23)/b21-10-. The molecule has 3 N–H and O–H groups in total. The Labute approximate surface area is 143 Å². The number of amides is 1. The zero-order chi connectivity index (χ0) is 17.1. The van der Waals surface area contributed by atoms with Crippen molar-refractivity contribution in [3.8, 4) is 6.07 Å². The van der Waals surface area contributed by atoms with E-state index in [1.165, 1.54) is 0 Å². The van der Waals surface area contributed by atoms with E-state index in [-0.39, 0.29) is 5.91 Å². The minimum atomic E-state index is -0.373. The van der Waals surface area contributed by atoms with Gasteiger partial charge in [-0.25, -0.2) is 5.43 Å². The van der Waals surface area contributed by atoms with Gasteiger partial charge >= 0.3 is 0 Å². The van der Waals surface area contributed by atoms with E-state index in [0.29, 0.717) is 21.0 Å². The highest BCUT2D eigenvalue weighted by Crippen LogP contribution is 2.29. The highest BCUT2D eigenvalue weighted by atomic mass is 32.1. The number of rotatable bonds is 3. The van der Waals surface area contributed by atoms with Gasteiger partial charge in [0.1, 0.15) is 15.9 Å². The average Bonchev–Trinajstić information content (AvgIpc) is 2.89. The molecule has 1 amide bonds. The van der Waals surface area contributed by atoms with E-state index in [4.69, 9.17) is 11.0 Å². The molecular weight excluding hydrogens is 320 g/mol. The number of hydrogen-bond donors (Lipinski definition) is 2. The SMILES string of the molecule is Cc1c(C(=O)N/N=C\c2cccc3ccccc23)sc(N)c1C#N. The number of hydrazone groups is 1. The van der Waals surface area contributed by atoms with Crippen molar-refractivity contribution in [2.45, 2.75) is 6.92 Å². The summed E-state index contributed by atoms with van der Waals surface area (Å²) in [7, 11) is 0. The quantitative estimate of drug-likeness (QED) is 0.568. The maximum atomic E-state index is 12.2. The zero-order valence-electron chi connectivity index (χ0n) is 12.9. The molecule has 1 heterocycles. The van der Waals surface area contributed by atoms with Crippen LogP contribution in [0.15, 0.2) is 47.6 Å². The Balaban J connectivity index is 1.81. The van der Waals surface area contributed by atoms with Gasteiger partial charge in [0.05, 0.1) is 11.8 Å². The van der Waals surface area contributed by atoms with Crippen molar-refractivity contribution < 1.29 is 4.79 Å². The lowest BCUT2D eigenvalue weighted by atomic mass is 10.1. The molecule has 0 bridgehead atoms. The molecule has 0 saturated heterocycles. The van der Waals surface area contributed by atoms with Crippen molar-refractivity contribution in [2.75, 3.05) is 5.73 Å². The number of nitrogens with one attached hydrogen (secondary N) is 1. The third-order valence-electron chi connectivity index (χ3n) is 3.69. The maximum absolute atomic E-state index is 12.2. The van der Waals surface area contributed by atoms with Gasteiger partial charge in [0.15, 0.2) is 0 Å². The minimum Gasteiger partial charge on any atom is -0.389 e. The molecule has 3 rings (SSSR count). The largest absolute Gasteiger partial charge is 0.389 e. The Bertz CT molecular complexity index is 993. The molecular formula is C18H14N4OS. The minimum absolute atomic E-state index is 0.346. The number of nitrogens with zero attached hydrogens (tertiary/aromatic N) is 2. The number of carbonyl (C=O) groups excluding carboxylic acids is 1. The lowest BCUT2D eigenvalue weighted by molar-refractivity contribution is 0.0958. The lowest BCUT2D eigenvalue weighted by Crippen LogP contribution is -2.17. The van der Waals surface area contributed by atoms with Gasteiger partial charge in [-0.2, -0.15) is 10.4 Å². The smallest absolute Gasteiger partial charge is 0.281 e. The first-order chi connectivity index (χ1) is 11.6. The fourth-order valence-corrected chi connectivity index (χ4v) is 3.38. The summed E-state index contributed by atoms with van der Waals surface area (Å²) in [5.74, 6) is -0.373. The Hall–Kier alpha value is -3.17. The van der Waals surface area contributed by atoms with E-state index in [2.05, 4.69) is 10.5 Å². The topological polar surface area (TPSA) is 91.3 Å². The fraction of sp³-hybridized carbons (Fsp3) is 0.0556. The average molecular weight is 334 g/mol. The number of nitriles is 1. The van der Waals surface area contributed by atoms with Crippen LogP contribution in [0.5, 0.6) is 0 Å². The molecule has 6 heteroatoms. The van der Waals surface area contributed by atoms with Crippen LogP contribution in [0.25, 0.3) is 10.8 Å². The Morgan fingerprint density at radius 1 is 1.29 bits per heavy atom. The molecule has 3 aromatic rings. The third-order valence-corrected chi connectivity index (χ3v) is 4.80. The molecule has 0 radical (unpaired) electrons. The second-order valence-corrected chi connectivity index (χ2v) is 6.23. The van der Waals surface area contributed by atoms with Crippen LogP contribution in [0.2, 0.25) is 0 Å². The van der Waals surface area contributed by atoms with E-state index in [9.17, 15) is 4.79 Å². The van der Waals surface area contributed by atoms with Crippen molar-refractivity contribution in [1.29, 1.82) is 5.26 Å². The van der Waals surface area contributed by atoms with E-state index >= 15 is 0 Å². The number of carbonyl (C=O) groups is 1. The number of thiophene rings is 1. The van der Waals surface area contributed by atoms with Crippen LogP contribution < -0.4 is 11.2 Å². The number of anilines is 1. The van der Waals surface area contributed by atoms with Gasteiger partial charge in [0.25, 0.3) is 5.91 Å². The summed E-state index contributed by atoms with van der Waals surface area (Å²) in [5, 5.41) is 15.6. The normalized spacial score (nSPS) is 10.8. The van der Waals surface area contributed by atoms with Crippen LogP contribution in [0.4, 0.5) is 5.00 Å². The van der Waals surface area contributed by atoms with Crippen LogP contribution in [0.1, 0.15) is 26.4 Å². The third kappa shape index (κ3) is 2.85. The summed E-state index contributed by atoms with van der Waals surface area (Å²) in [6.45, 7) is 1.70. The molecule has 24 heavy (non-hydrogen) atoms. The Morgan fingerprint density at radius 3 is 2.79 bits per heavy atom. The molecule has 0 aliphatic rings. The van der Waals surface area contributed by atoms with Gasteiger partial charge in [-0.3, -0.25) is 4.79 Å². The van der Waals surface area contributed by atoms with E-state index < -0.39 is 0 Å². The second kappa shape index (κ2) is 6.52. The second-order valence-electron chi connectivity index (χ2n) is 5.17. The van der Waals surface area contributed by atoms with E-state index in [1.807, 2.05) is 48.5 Å². The summed E-state index contributed by atoms with van der Waals surface area (Å²) in [6, 6.07) is 15.9. The molecule has 0 fully saturated rings. The van der Waals surface area contributed by atoms with Crippen molar-refractivity contribution in [2.24, 2.45) is 5.10 Å². The lowest BCUT2D eigenvalue weighted by Gasteiger charge is -2.02. The number of hydrogen-bond acceptors (Lipinski definition) is 5. The first kappa shape index (κ1) is 15.7. The molecule has 0 atom stereocenters. The predicted octanol–water partition coefficient (Wildman–Crippen LogP) is 3.43. The summed E-state index contributed by atoms with van der Waals surface area (Å²) in [4.78, 5) is 12.6. The summed E-state index contributed by atoms with van der Waals surface area (Å²) >= 11 is 1.09. The van der Waals surface area contributed by atoms with E-state index in [1.54, 1.807) is 13.1 Å². The summed E-state index contributed by atoms with van der Waals surface area (Å²) in [5.41, 5.74) is 10.1. The first-order valence-electron chi connectivity index (χ1n) is 7.22. The van der Waals surface area contributed by atoms with Gasteiger partial charge < -0.3 is 5.73 Å². The van der Waals surface area contributed by atoms with Crippen LogP contribution in [0.3, 0.4) is 0 Å². The van der Waals surface area contributed by atoms with Crippen molar-refractivity contribution in [3.05, 3.63) is 64.0 Å². The Kier molecular flexibility index (Phi) is 4.27. The maximum Gasteiger partial charge on any atom is 0.281 e. The van der Waals surface area contributed by atoms with Crippen molar-refractivity contribution >= 4 is 39.2 Å². The molecule has 5 nitrogen and oxygen atoms in total. The van der Waals surface area contributed by atoms with Crippen molar-refractivity contribution in [1.82, 2.24) is 5.43 Å². The highest BCUT2D eigenvalue weighted by Gasteiger charge is 2.18. The summed E-state index contributed by atoms with van der Waals surface area (Å²) in [6.07, 6.45) is 1.61. The highest BCUT2D eigenvalue weighted by molar-refractivity contribution is 7.18. The molecule has 0 saturated carbocycles. The molecule has 1 aromatic heterocycles. The molecule has 2 aromatic carbocycles. The molecule has 0 aliphatic carbocycles.